The lowest BCUT2D eigenvalue weighted by atomic mass is 9.95. The summed E-state index contributed by atoms with van der Waals surface area (Å²) in [6, 6.07) is 0. The molecule has 1 aliphatic carbocycles. The Kier molecular flexibility index (Phi) is 3.46. The van der Waals surface area contributed by atoms with E-state index in [9.17, 15) is 9.90 Å². The fourth-order valence-corrected chi connectivity index (χ4v) is 2.32. The van der Waals surface area contributed by atoms with Gasteiger partial charge in [-0.1, -0.05) is 6.42 Å². The van der Waals surface area contributed by atoms with E-state index in [1.165, 1.54) is 0 Å². The second-order valence-electron chi connectivity index (χ2n) is 4.47. The van der Waals surface area contributed by atoms with E-state index < -0.39 is 6.10 Å². The van der Waals surface area contributed by atoms with E-state index in [1.54, 1.807) is 4.90 Å². The highest BCUT2D eigenvalue weighted by Gasteiger charge is 2.29. The molecule has 0 spiro atoms. The number of nitrogens with zero attached hydrogens (tertiary/aromatic N) is 1. The Hall–Kier alpha value is -0.770. The van der Waals surface area contributed by atoms with Crippen molar-refractivity contribution in [2.24, 2.45) is 0 Å². The zero-order chi connectivity index (χ0) is 10.7. The Labute approximate surface area is 90.2 Å². The van der Waals surface area contributed by atoms with Crippen molar-refractivity contribution in [3.63, 3.8) is 0 Å². The third-order valence-electron chi connectivity index (χ3n) is 3.28. The summed E-state index contributed by atoms with van der Waals surface area (Å²) in [6.45, 7) is 1.61. The second kappa shape index (κ2) is 4.84. The average Bonchev–Trinajstić information content (AvgIpc) is 2.74. The quantitative estimate of drug-likeness (QED) is 0.718. The highest BCUT2D eigenvalue weighted by molar-refractivity contribution is 5.68. The number of hydrogen-bond acceptors (Lipinski definition) is 3. The lowest BCUT2D eigenvalue weighted by Crippen LogP contribution is -2.38. The fourth-order valence-electron chi connectivity index (χ4n) is 2.32. The van der Waals surface area contributed by atoms with Crippen LogP contribution in [0.25, 0.3) is 0 Å². The summed E-state index contributed by atoms with van der Waals surface area (Å²) in [5.41, 5.74) is 0. The molecule has 1 aliphatic heterocycles. The van der Waals surface area contributed by atoms with Gasteiger partial charge in [-0.3, -0.25) is 0 Å². The largest absolute Gasteiger partial charge is 0.443 e. The number of rotatable bonds is 1. The molecular weight excluding hydrogens is 194 g/mol. The molecule has 86 valence electrons. The minimum atomic E-state index is -0.453. The Morgan fingerprint density at radius 3 is 2.47 bits per heavy atom. The molecule has 4 nitrogen and oxygen atoms in total. The van der Waals surface area contributed by atoms with Crippen molar-refractivity contribution < 1.29 is 14.6 Å². The third-order valence-corrected chi connectivity index (χ3v) is 3.28. The number of amides is 1. The van der Waals surface area contributed by atoms with E-state index in [0.29, 0.717) is 0 Å². The maximum atomic E-state index is 11.7. The maximum Gasteiger partial charge on any atom is 0.410 e. The van der Waals surface area contributed by atoms with Crippen molar-refractivity contribution in [2.75, 3.05) is 13.1 Å². The van der Waals surface area contributed by atoms with E-state index in [0.717, 1.165) is 51.6 Å². The molecule has 0 aromatic heterocycles. The molecule has 1 saturated heterocycles. The van der Waals surface area contributed by atoms with Crippen LogP contribution in [-0.4, -0.2) is 41.4 Å². The summed E-state index contributed by atoms with van der Waals surface area (Å²) in [5.74, 6) is 0. The first-order chi connectivity index (χ1) is 7.27. The number of likely N-dealkylation sites (tertiary alicyclic amines) is 1. The van der Waals surface area contributed by atoms with Crippen LogP contribution in [0.15, 0.2) is 0 Å². The van der Waals surface area contributed by atoms with Crippen molar-refractivity contribution >= 4 is 6.09 Å². The highest BCUT2D eigenvalue weighted by atomic mass is 16.6. The van der Waals surface area contributed by atoms with Gasteiger partial charge in [-0.15, -0.1) is 0 Å². The summed E-state index contributed by atoms with van der Waals surface area (Å²) >= 11 is 0. The lowest BCUT2D eigenvalue weighted by Gasteiger charge is -2.28. The highest BCUT2D eigenvalue weighted by Crippen LogP contribution is 2.22. The van der Waals surface area contributed by atoms with Crippen LogP contribution in [0.5, 0.6) is 0 Å². The number of carbonyl (C=O) groups excluding carboxylic acids is 1. The summed E-state index contributed by atoms with van der Waals surface area (Å²) in [5, 5.41) is 9.66. The van der Waals surface area contributed by atoms with Gasteiger partial charge in [-0.25, -0.2) is 4.79 Å². The Morgan fingerprint density at radius 2 is 1.80 bits per heavy atom. The zero-order valence-electron chi connectivity index (χ0n) is 9.02. The maximum absolute atomic E-state index is 11.7. The summed E-state index contributed by atoms with van der Waals surface area (Å²) in [6.07, 6.45) is 4.84. The van der Waals surface area contributed by atoms with Crippen LogP contribution in [0, 0.1) is 0 Å². The molecule has 0 aromatic carbocycles. The first-order valence-electron chi connectivity index (χ1n) is 5.91. The molecule has 1 saturated carbocycles. The van der Waals surface area contributed by atoms with Gasteiger partial charge in [-0.05, 0) is 32.1 Å². The van der Waals surface area contributed by atoms with Crippen LogP contribution in [0.3, 0.4) is 0 Å². The monoisotopic (exact) mass is 213 g/mol. The van der Waals surface area contributed by atoms with Crippen molar-refractivity contribution in [3.05, 3.63) is 0 Å². The molecule has 2 rings (SSSR count). The molecule has 0 aromatic rings. The van der Waals surface area contributed by atoms with Gasteiger partial charge >= 0.3 is 6.09 Å². The Bertz CT molecular complexity index is 226. The normalized spacial score (nSPS) is 31.7. The molecule has 2 fully saturated rings. The topological polar surface area (TPSA) is 49.8 Å². The minimum Gasteiger partial charge on any atom is -0.443 e. The number of aliphatic hydroxyl groups excluding tert-OH is 1. The van der Waals surface area contributed by atoms with Crippen LogP contribution in [0.2, 0.25) is 0 Å². The first-order valence-corrected chi connectivity index (χ1v) is 5.91. The van der Waals surface area contributed by atoms with Gasteiger partial charge in [0.15, 0.2) is 0 Å². The molecular formula is C11H19NO3. The van der Waals surface area contributed by atoms with Gasteiger partial charge in [0.05, 0.1) is 6.10 Å². The Morgan fingerprint density at radius 1 is 1.13 bits per heavy atom. The summed E-state index contributed by atoms with van der Waals surface area (Å²) in [4.78, 5) is 13.4. The van der Waals surface area contributed by atoms with Crippen molar-refractivity contribution in [2.45, 2.75) is 50.7 Å². The summed E-state index contributed by atoms with van der Waals surface area (Å²) in [7, 11) is 0. The molecule has 1 amide bonds. The van der Waals surface area contributed by atoms with Crippen molar-refractivity contribution in [1.82, 2.24) is 4.90 Å². The average molecular weight is 213 g/mol. The van der Waals surface area contributed by atoms with Crippen LogP contribution in [0.1, 0.15) is 38.5 Å². The molecule has 0 unspecified atom stereocenters. The van der Waals surface area contributed by atoms with Crippen LogP contribution in [0.4, 0.5) is 4.79 Å². The van der Waals surface area contributed by atoms with Crippen LogP contribution >= 0.6 is 0 Å². The smallest absolute Gasteiger partial charge is 0.410 e. The number of carbonyl (C=O) groups is 1. The first kappa shape index (κ1) is 10.7. The van der Waals surface area contributed by atoms with Gasteiger partial charge in [-0.2, -0.15) is 0 Å². The Balaban J connectivity index is 1.81. The number of hydrogen-bond donors (Lipinski definition) is 1. The summed E-state index contributed by atoms with van der Waals surface area (Å²) < 4.78 is 5.32. The number of ether oxygens (including phenoxy) is 1. The van der Waals surface area contributed by atoms with E-state index >= 15 is 0 Å². The van der Waals surface area contributed by atoms with Crippen LogP contribution < -0.4 is 0 Å². The van der Waals surface area contributed by atoms with Gasteiger partial charge in [0.2, 0.25) is 0 Å². The standard InChI is InChI=1S/C11H19NO3/c13-9-5-1-2-6-10(9)15-11(14)12-7-3-4-8-12/h9-10,13H,1-8H2/t9-,10+/m1/s1. The molecule has 2 atom stereocenters. The van der Waals surface area contributed by atoms with Gasteiger partial charge in [0.25, 0.3) is 0 Å². The molecule has 4 heteroatoms. The van der Waals surface area contributed by atoms with E-state index in [4.69, 9.17) is 4.74 Å². The third kappa shape index (κ3) is 2.62. The molecule has 0 radical (unpaired) electrons. The molecule has 15 heavy (non-hydrogen) atoms. The van der Waals surface area contributed by atoms with Gasteiger partial charge in [0.1, 0.15) is 6.10 Å². The zero-order valence-corrected chi connectivity index (χ0v) is 9.02. The van der Waals surface area contributed by atoms with Crippen LogP contribution in [-0.2, 0) is 4.74 Å². The van der Waals surface area contributed by atoms with Crippen molar-refractivity contribution in [1.29, 1.82) is 0 Å². The predicted octanol–water partition coefficient (Wildman–Crippen LogP) is 1.52. The SMILES string of the molecule is O=C(O[C@H]1CCCC[C@H]1O)N1CCCC1. The predicted molar refractivity (Wildman–Crippen MR) is 55.6 cm³/mol. The molecule has 1 N–H and O–H groups in total. The van der Waals surface area contributed by atoms with E-state index in [1.807, 2.05) is 0 Å². The lowest BCUT2D eigenvalue weighted by molar-refractivity contribution is -0.0310. The number of aliphatic hydroxyl groups is 1. The van der Waals surface area contributed by atoms with Gasteiger partial charge < -0.3 is 14.7 Å². The van der Waals surface area contributed by atoms with Gasteiger partial charge in [0, 0.05) is 13.1 Å². The van der Waals surface area contributed by atoms with Crippen molar-refractivity contribution in [3.8, 4) is 0 Å². The van der Waals surface area contributed by atoms with E-state index in [2.05, 4.69) is 0 Å². The second-order valence-corrected chi connectivity index (χ2v) is 4.47. The molecule has 0 bridgehead atoms. The molecule has 2 aliphatic rings. The van der Waals surface area contributed by atoms with E-state index in [-0.39, 0.29) is 12.2 Å². The fraction of sp³-hybridized carbons (Fsp3) is 0.909. The molecule has 1 heterocycles. The minimum absolute atomic E-state index is 0.238.